The van der Waals surface area contributed by atoms with E-state index in [1.54, 1.807) is 45.0 Å². The molecule has 2 aliphatic rings. The van der Waals surface area contributed by atoms with Crippen molar-refractivity contribution in [3.05, 3.63) is 29.8 Å². The normalized spacial score (nSPS) is 20.2. The van der Waals surface area contributed by atoms with Gasteiger partial charge in [0.1, 0.15) is 18.0 Å². The van der Waals surface area contributed by atoms with E-state index in [0.717, 1.165) is 19.6 Å². The zero-order valence-electron chi connectivity index (χ0n) is 22.1. The largest absolute Gasteiger partial charge is 0.494 e. The maximum atomic E-state index is 13.3. The Balaban J connectivity index is 1.65. The average molecular weight is 521 g/mol. The minimum Gasteiger partial charge on any atom is -0.494 e. The van der Waals surface area contributed by atoms with Crippen LogP contribution in [0.4, 0.5) is 0 Å². The van der Waals surface area contributed by atoms with Gasteiger partial charge in [-0.1, -0.05) is 0 Å². The first-order chi connectivity index (χ1) is 17.7. The molecule has 1 atom stereocenters. The number of benzene rings is 1. The van der Waals surface area contributed by atoms with Crippen LogP contribution in [0.3, 0.4) is 0 Å². The van der Waals surface area contributed by atoms with Gasteiger partial charge in [-0.3, -0.25) is 19.9 Å². The minimum atomic E-state index is -1.27. The Bertz CT molecular complexity index is 910. The number of hydrazine groups is 1. The van der Waals surface area contributed by atoms with Gasteiger partial charge >= 0.3 is 5.97 Å². The maximum absolute atomic E-state index is 13.3. The summed E-state index contributed by atoms with van der Waals surface area (Å²) in [7, 11) is 0. The van der Waals surface area contributed by atoms with Crippen molar-refractivity contribution in [2.24, 2.45) is 4.99 Å². The van der Waals surface area contributed by atoms with Gasteiger partial charge in [-0.15, -0.1) is 0 Å². The number of aliphatic hydroxyl groups excluding tert-OH is 1. The number of morpholine rings is 1. The quantitative estimate of drug-likeness (QED) is 0.198. The molecule has 11 heteroatoms. The molecule has 0 bridgehead atoms. The highest BCUT2D eigenvalue weighted by Gasteiger charge is 2.45. The summed E-state index contributed by atoms with van der Waals surface area (Å²) in [6, 6.07) is 7.17. The molecule has 0 unspecified atom stereocenters. The van der Waals surface area contributed by atoms with E-state index in [2.05, 4.69) is 20.7 Å². The van der Waals surface area contributed by atoms with E-state index < -0.39 is 17.1 Å². The van der Waals surface area contributed by atoms with Gasteiger partial charge in [0.15, 0.2) is 5.54 Å². The van der Waals surface area contributed by atoms with Gasteiger partial charge in [-0.25, -0.2) is 10.4 Å². The van der Waals surface area contributed by atoms with Gasteiger partial charge in [0.25, 0.3) is 5.91 Å². The summed E-state index contributed by atoms with van der Waals surface area (Å²) < 4.78 is 22.2. The number of carbonyl (C=O) groups is 2. The maximum Gasteiger partial charge on any atom is 0.306 e. The number of hydrogen-bond acceptors (Lipinski definition) is 10. The number of hydrogen-bond donors (Lipinski definition) is 3. The molecule has 0 aromatic heterocycles. The first-order valence-electron chi connectivity index (χ1n) is 12.8. The Morgan fingerprint density at radius 1 is 1.19 bits per heavy atom. The Kier molecular flexibility index (Phi) is 10.7. The highest BCUT2D eigenvalue weighted by Crippen LogP contribution is 2.28. The smallest absolute Gasteiger partial charge is 0.306 e. The van der Waals surface area contributed by atoms with Gasteiger partial charge < -0.3 is 24.1 Å². The molecular weight excluding hydrogens is 480 g/mol. The van der Waals surface area contributed by atoms with Crippen LogP contribution in [0.5, 0.6) is 5.75 Å². The summed E-state index contributed by atoms with van der Waals surface area (Å²) in [6.45, 7) is 10.4. The summed E-state index contributed by atoms with van der Waals surface area (Å²) in [5, 5.41) is 8.90. The second-order valence-corrected chi connectivity index (χ2v) is 10.1. The number of ether oxygens (including phenoxy) is 4. The minimum absolute atomic E-state index is 0.0108. The van der Waals surface area contributed by atoms with Gasteiger partial charge in [0, 0.05) is 51.2 Å². The van der Waals surface area contributed by atoms with Crippen molar-refractivity contribution < 1.29 is 33.6 Å². The Morgan fingerprint density at radius 3 is 2.59 bits per heavy atom. The van der Waals surface area contributed by atoms with E-state index >= 15 is 0 Å². The molecule has 11 nitrogen and oxygen atoms in total. The fourth-order valence-electron chi connectivity index (χ4n) is 3.90. The molecule has 1 saturated heterocycles. The van der Waals surface area contributed by atoms with Crippen LogP contribution in [0.15, 0.2) is 29.3 Å². The number of nitrogens with zero attached hydrogens (tertiary/aromatic N) is 2. The predicted octanol–water partition coefficient (Wildman–Crippen LogP) is 1.04. The van der Waals surface area contributed by atoms with Crippen molar-refractivity contribution in [1.29, 1.82) is 0 Å². The molecule has 3 N–H and O–H groups in total. The molecule has 0 aliphatic carbocycles. The fourth-order valence-corrected chi connectivity index (χ4v) is 3.90. The second-order valence-electron chi connectivity index (χ2n) is 10.1. The van der Waals surface area contributed by atoms with Crippen LogP contribution in [-0.2, 0) is 23.8 Å². The zero-order chi connectivity index (χ0) is 26.7. The van der Waals surface area contributed by atoms with Crippen LogP contribution in [-0.4, -0.2) is 98.1 Å². The molecule has 206 valence electrons. The van der Waals surface area contributed by atoms with Crippen molar-refractivity contribution in [2.45, 2.75) is 51.2 Å². The third-order valence-electron chi connectivity index (χ3n) is 5.88. The highest BCUT2D eigenvalue weighted by molar-refractivity contribution is 6.00. The van der Waals surface area contributed by atoms with Crippen LogP contribution in [0.2, 0.25) is 0 Å². The molecular formula is C26H40N4O7. The molecule has 37 heavy (non-hydrogen) atoms. The number of aliphatic hydroxyl groups is 1. The first kappa shape index (κ1) is 28.8. The number of aliphatic imine (C=N–C) groups is 1. The van der Waals surface area contributed by atoms with Crippen molar-refractivity contribution in [1.82, 2.24) is 15.8 Å². The molecule has 0 spiro atoms. The van der Waals surface area contributed by atoms with Crippen LogP contribution in [0, 0.1) is 0 Å². The molecule has 1 amide bonds. The molecule has 2 aliphatic heterocycles. The van der Waals surface area contributed by atoms with Gasteiger partial charge in [0.2, 0.25) is 5.90 Å². The van der Waals surface area contributed by atoms with Crippen LogP contribution < -0.4 is 15.6 Å². The molecule has 3 rings (SSSR count). The molecule has 2 heterocycles. The molecule has 0 radical (unpaired) electrons. The Morgan fingerprint density at radius 2 is 1.92 bits per heavy atom. The molecule has 1 fully saturated rings. The van der Waals surface area contributed by atoms with Crippen molar-refractivity contribution in [2.75, 3.05) is 59.2 Å². The van der Waals surface area contributed by atoms with E-state index in [0.29, 0.717) is 50.0 Å². The molecule has 0 saturated carbocycles. The lowest BCUT2D eigenvalue weighted by Crippen LogP contribution is -2.53. The monoisotopic (exact) mass is 520 g/mol. The van der Waals surface area contributed by atoms with E-state index in [1.165, 1.54) is 0 Å². The number of nitrogens with one attached hydrogen (secondary N) is 2. The fraction of sp³-hybridized carbons (Fsp3) is 0.654. The number of amides is 1. The summed E-state index contributed by atoms with van der Waals surface area (Å²) >= 11 is 0. The Labute approximate surface area is 218 Å². The van der Waals surface area contributed by atoms with Crippen LogP contribution >= 0.6 is 0 Å². The van der Waals surface area contributed by atoms with Crippen LogP contribution in [0.1, 0.15) is 45.6 Å². The van der Waals surface area contributed by atoms with Gasteiger partial charge in [0.05, 0.1) is 19.8 Å². The number of esters is 1. The molecule has 1 aromatic carbocycles. The van der Waals surface area contributed by atoms with E-state index in [1.807, 2.05) is 0 Å². The summed E-state index contributed by atoms with van der Waals surface area (Å²) in [6.07, 6.45) is 0.717. The van der Waals surface area contributed by atoms with E-state index in [9.17, 15) is 9.59 Å². The van der Waals surface area contributed by atoms with E-state index in [-0.39, 0.29) is 32.0 Å². The lowest BCUT2D eigenvalue weighted by Gasteiger charge is -2.27. The van der Waals surface area contributed by atoms with Gasteiger partial charge in [-0.05, 0) is 51.5 Å². The lowest BCUT2D eigenvalue weighted by molar-refractivity contribution is -0.155. The summed E-state index contributed by atoms with van der Waals surface area (Å²) in [5.74, 6) is 0.230. The highest BCUT2D eigenvalue weighted by atomic mass is 16.6. The number of carbonyl (C=O) groups excluding carboxylic acids is 2. The van der Waals surface area contributed by atoms with Crippen molar-refractivity contribution >= 4 is 17.8 Å². The standard InChI is InChI=1S/C26H40N4O7/c1-25(2,3)37-22(32)9-10-26(24(33)29-27-11-12-30-13-17-34-18-14-30)19-36-23(28-26)20-5-7-21(8-6-20)35-16-4-15-31/h5-8,27,31H,4,9-19H2,1-3H3,(H,29,33)/t26-/m0/s1. The average Bonchev–Trinajstić information content (AvgIpc) is 3.31. The zero-order valence-corrected chi connectivity index (χ0v) is 22.1. The van der Waals surface area contributed by atoms with Crippen LogP contribution in [0.25, 0.3) is 0 Å². The SMILES string of the molecule is CC(C)(C)OC(=O)CC[C@@]1(C(=O)NNCCN2CCOCC2)COC(c2ccc(OCCCO)cc2)=N1. The lowest BCUT2D eigenvalue weighted by atomic mass is 9.94. The summed E-state index contributed by atoms with van der Waals surface area (Å²) in [4.78, 5) is 32.6. The second kappa shape index (κ2) is 13.7. The third-order valence-corrected chi connectivity index (χ3v) is 5.88. The van der Waals surface area contributed by atoms with Gasteiger partial charge in [-0.2, -0.15) is 0 Å². The molecule has 1 aromatic rings. The number of rotatable bonds is 13. The first-order valence-corrected chi connectivity index (χ1v) is 12.8. The van der Waals surface area contributed by atoms with Crippen molar-refractivity contribution in [3.8, 4) is 5.75 Å². The summed E-state index contributed by atoms with van der Waals surface area (Å²) in [5.41, 5.74) is 4.56. The predicted molar refractivity (Wildman–Crippen MR) is 137 cm³/mol. The van der Waals surface area contributed by atoms with E-state index in [4.69, 9.17) is 24.1 Å². The Hall–Kier alpha value is -2.73. The van der Waals surface area contributed by atoms with Crippen molar-refractivity contribution in [3.63, 3.8) is 0 Å². The third kappa shape index (κ3) is 9.26. The topological polar surface area (TPSA) is 131 Å².